The lowest BCUT2D eigenvalue weighted by Gasteiger charge is -2.09. The van der Waals surface area contributed by atoms with Gasteiger partial charge in [-0.2, -0.15) is 0 Å². The third-order valence-corrected chi connectivity index (χ3v) is 3.24. The van der Waals surface area contributed by atoms with Crippen LogP contribution in [0.4, 0.5) is 4.39 Å². The number of aliphatic imine (C=N–C) groups is 1. The highest BCUT2D eigenvalue weighted by Gasteiger charge is 2.09. The lowest BCUT2D eigenvalue weighted by atomic mass is 10.0. The Morgan fingerprint density at radius 2 is 2.00 bits per heavy atom. The van der Waals surface area contributed by atoms with Gasteiger partial charge in [-0.05, 0) is 51.1 Å². The Labute approximate surface area is 136 Å². The number of allylic oxidation sites excluding steroid dienone is 1. The summed E-state index contributed by atoms with van der Waals surface area (Å²) in [6, 6.07) is 8.12. The van der Waals surface area contributed by atoms with Crippen molar-refractivity contribution >= 4 is 17.5 Å². The topological polar surface area (TPSA) is 38.1 Å². The molecule has 0 amide bonds. The molecule has 0 radical (unpaired) electrons. The zero-order chi connectivity index (χ0) is 16.7. The van der Waals surface area contributed by atoms with E-state index in [-0.39, 0.29) is 5.82 Å². The minimum Gasteiger partial charge on any atom is -0.261 e. The molecule has 0 spiro atoms. The van der Waals surface area contributed by atoms with Gasteiger partial charge in [0.1, 0.15) is 11.6 Å². The number of hydrogen-bond donors (Lipinski definition) is 0. The van der Waals surface area contributed by atoms with Crippen molar-refractivity contribution in [1.29, 1.82) is 0 Å². The Kier molecular flexibility index (Phi) is 5.76. The first-order valence-electron chi connectivity index (χ1n) is 7.33. The average Bonchev–Trinajstić information content (AvgIpc) is 2.58. The summed E-state index contributed by atoms with van der Waals surface area (Å²) in [5, 5.41) is 0. The lowest BCUT2D eigenvalue weighted by Crippen LogP contribution is -1.98. The molecule has 0 atom stereocenters. The maximum atomic E-state index is 13.1. The first kappa shape index (κ1) is 16.6. The van der Waals surface area contributed by atoms with Crippen LogP contribution in [0.5, 0.6) is 0 Å². The van der Waals surface area contributed by atoms with E-state index in [4.69, 9.17) is 0 Å². The van der Waals surface area contributed by atoms with Gasteiger partial charge in [0, 0.05) is 23.5 Å². The summed E-state index contributed by atoms with van der Waals surface area (Å²) in [4.78, 5) is 13.2. The van der Waals surface area contributed by atoms with Crippen LogP contribution in [0.25, 0.3) is 11.3 Å². The number of halogens is 1. The minimum absolute atomic E-state index is 0.270. The van der Waals surface area contributed by atoms with E-state index in [2.05, 4.69) is 26.8 Å². The van der Waals surface area contributed by atoms with E-state index in [1.165, 1.54) is 12.1 Å². The van der Waals surface area contributed by atoms with E-state index in [1.807, 2.05) is 19.9 Å². The van der Waals surface area contributed by atoms with Gasteiger partial charge in [0.2, 0.25) is 0 Å². The molecule has 2 rings (SSSR count). The standard InChI is InChI=1S/C19H18FN3/c1-4-6-7-18-22-13-12-17(23-18)14(3)19(21-5-2)15-8-10-16(20)11-9-15/h5,8-13H,7H2,1-3H3/b19-14+,21-5?. The second-order valence-electron chi connectivity index (χ2n) is 4.83. The molecule has 0 aliphatic carbocycles. The molecule has 23 heavy (non-hydrogen) atoms. The van der Waals surface area contributed by atoms with E-state index >= 15 is 0 Å². The third-order valence-electron chi connectivity index (χ3n) is 3.24. The van der Waals surface area contributed by atoms with Crippen molar-refractivity contribution < 1.29 is 4.39 Å². The SMILES string of the molecule is CC#CCc1nccc(/C(C)=C(/N=CC)c2ccc(F)cc2)n1. The van der Waals surface area contributed by atoms with Crippen molar-refractivity contribution in [2.45, 2.75) is 27.2 Å². The highest BCUT2D eigenvalue weighted by Crippen LogP contribution is 2.26. The number of rotatable bonds is 4. The van der Waals surface area contributed by atoms with Gasteiger partial charge >= 0.3 is 0 Å². The summed E-state index contributed by atoms with van der Waals surface area (Å²) in [6.45, 7) is 5.58. The van der Waals surface area contributed by atoms with Crippen molar-refractivity contribution in [3.63, 3.8) is 0 Å². The van der Waals surface area contributed by atoms with Crippen molar-refractivity contribution in [2.75, 3.05) is 0 Å². The molecule has 116 valence electrons. The molecule has 0 fully saturated rings. The monoisotopic (exact) mass is 307 g/mol. The van der Waals surface area contributed by atoms with Gasteiger partial charge < -0.3 is 0 Å². The number of aromatic nitrogens is 2. The maximum absolute atomic E-state index is 13.1. The summed E-state index contributed by atoms with van der Waals surface area (Å²) < 4.78 is 13.1. The predicted octanol–water partition coefficient (Wildman–Crippen LogP) is 4.16. The Balaban J connectivity index is 2.49. The van der Waals surface area contributed by atoms with E-state index < -0.39 is 0 Å². The number of benzene rings is 1. The van der Waals surface area contributed by atoms with E-state index in [9.17, 15) is 4.39 Å². The van der Waals surface area contributed by atoms with Crippen LogP contribution in [0.15, 0.2) is 41.5 Å². The molecule has 0 aliphatic heterocycles. The molecular weight excluding hydrogens is 289 g/mol. The second kappa shape index (κ2) is 8.00. The van der Waals surface area contributed by atoms with Crippen LogP contribution >= 0.6 is 0 Å². The quantitative estimate of drug-likeness (QED) is 0.628. The van der Waals surface area contributed by atoms with Gasteiger partial charge in [0.15, 0.2) is 0 Å². The molecule has 2 aromatic rings. The molecule has 0 unspecified atom stereocenters. The van der Waals surface area contributed by atoms with E-state index in [0.29, 0.717) is 12.2 Å². The normalized spacial score (nSPS) is 11.8. The van der Waals surface area contributed by atoms with Crippen molar-refractivity contribution in [3.05, 3.63) is 59.4 Å². The summed E-state index contributed by atoms with van der Waals surface area (Å²) >= 11 is 0. The van der Waals surface area contributed by atoms with Gasteiger partial charge in [-0.15, -0.1) is 5.92 Å². The fourth-order valence-electron chi connectivity index (χ4n) is 2.11. The van der Waals surface area contributed by atoms with Crippen LogP contribution in [0.3, 0.4) is 0 Å². The molecule has 0 N–H and O–H groups in total. The zero-order valence-electron chi connectivity index (χ0n) is 13.5. The molecule has 3 nitrogen and oxygen atoms in total. The molecule has 0 saturated heterocycles. The summed E-state index contributed by atoms with van der Waals surface area (Å²) in [7, 11) is 0. The van der Waals surface area contributed by atoms with Crippen LogP contribution in [-0.4, -0.2) is 16.2 Å². The highest BCUT2D eigenvalue weighted by molar-refractivity contribution is 5.90. The first-order valence-corrected chi connectivity index (χ1v) is 7.33. The van der Waals surface area contributed by atoms with Crippen LogP contribution in [-0.2, 0) is 6.42 Å². The van der Waals surface area contributed by atoms with Crippen LogP contribution in [0, 0.1) is 17.7 Å². The molecule has 0 aliphatic rings. The van der Waals surface area contributed by atoms with Crippen LogP contribution in [0.2, 0.25) is 0 Å². The van der Waals surface area contributed by atoms with Gasteiger partial charge in [-0.1, -0.05) is 5.92 Å². The fraction of sp³-hybridized carbons (Fsp3) is 0.211. The molecule has 0 bridgehead atoms. The zero-order valence-corrected chi connectivity index (χ0v) is 13.5. The molecule has 1 aromatic carbocycles. The van der Waals surface area contributed by atoms with Crippen LogP contribution in [0.1, 0.15) is 37.9 Å². The predicted molar refractivity (Wildman–Crippen MR) is 92.2 cm³/mol. The summed E-state index contributed by atoms with van der Waals surface area (Å²) in [5.41, 5.74) is 3.30. The van der Waals surface area contributed by atoms with Gasteiger partial charge in [-0.3, -0.25) is 4.99 Å². The van der Waals surface area contributed by atoms with E-state index in [0.717, 1.165) is 22.5 Å². The third kappa shape index (κ3) is 4.33. The van der Waals surface area contributed by atoms with Crippen molar-refractivity contribution in [2.24, 2.45) is 4.99 Å². The van der Waals surface area contributed by atoms with Gasteiger partial charge in [0.25, 0.3) is 0 Å². The van der Waals surface area contributed by atoms with Gasteiger partial charge in [-0.25, -0.2) is 14.4 Å². The van der Waals surface area contributed by atoms with Crippen molar-refractivity contribution in [3.8, 4) is 11.8 Å². The molecule has 0 saturated carbocycles. The Hall–Kier alpha value is -2.80. The Bertz CT molecular complexity index is 793. The Morgan fingerprint density at radius 3 is 2.65 bits per heavy atom. The molecule has 1 heterocycles. The van der Waals surface area contributed by atoms with Crippen molar-refractivity contribution in [1.82, 2.24) is 9.97 Å². The molecule has 4 heteroatoms. The maximum Gasteiger partial charge on any atom is 0.140 e. The Morgan fingerprint density at radius 1 is 1.26 bits per heavy atom. The number of nitrogens with zero attached hydrogens (tertiary/aromatic N) is 3. The fourth-order valence-corrected chi connectivity index (χ4v) is 2.11. The smallest absolute Gasteiger partial charge is 0.140 e. The van der Waals surface area contributed by atoms with Crippen LogP contribution < -0.4 is 0 Å². The van der Waals surface area contributed by atoms with E-state index in [1.54, 1.807) is 31.5 Å². The first-order chi connectivity index (χ1) is 11.2. The average molecular weight is 307 g/mol. The summed E-state index contributed by atoms with van der Waals surface area (Å²) in [5.74, 6) is 6.21. The number of hydrogen-bond acceptors (Lipinski definition) is 3. The highest BCUT2D eigenvalue weighted by atomic mass is 19.1. The van der Waals surface area contributed by atoms with Gasteiger partial charge in [0.05, 0.1) is 17.8 Å². The second-order valence-corrected chi connectivity index (χ2v) is 4.83. The summed E-state index contributed by atoms with van der Waals surface area (Å²) in [6.07, 6.45) is 3.95. The minimum atomic E-state index is -0.270. The molecule has 1 aromatic heterocycles. The largest absolute Gasteiger partial charge is 0.261 e. The lowest BCUT2D eigenvalue weighted by molar-refractivity contribution is 0.627. The molecular formula is C19H18FN3.